The Balaban J connectivity index is 2.27. The van der Waals surface area contributed by atoms with Crippen molar-refractivity contribution in [1.82, 2.24) is 4.90 Å². The van der Waals surface area contributed by atoms with Crippen LogP contribution in [0.1, 0.15) is 43.5 Å². The van der Waals surface area contributed by atoms with Crippen molar-refractivity contribution >= 4 is 11.6 Å². The van der Waals surface area contributed by atoms with Crippen LogP contribution in [-0.4, -0.2) is 33.9 Å². The number of benzene rings is 1. The van der Waals surface area contributed by atoms with Crippen LogP contribution in [0.5, 0.6) is 5.75 Å². The summed E-state index contributed by atoms with van der Waals surface area (Å²) in [6.45, 7) is 5.50. The van der Waals surface area contributed by atoms with Gasteiger partial charge in [-0.2, -0.15) is 0 Å². The molecule has 1 aliphatic rings. The van der Waals surface area contributed by atoms with Crippen molar-refractivity contribution in [3.63, 3.8) is 0 Å². The Hall–Kier alpha value is -2.11. The summed E-state index contributed by atoms with van der Waals surface area (Å²) in [5.41, 5.74) is -0.124. The molecule has 1 aromatic carbocycles. The molecule has 0 atom stereocenters. The summed E-state index contributed by atoms with van der Waals surface area (Å²) >= 11 is 0. The summed E-state index contributed by atoms with van der Waals surface area (Å²) in [6.07, 6.45) is 2.77. The van der Waals surface area contributed by atoms with Crippen LogP contribution in [0.15, 0.2) is 18.2 Å². The van der Waals surface area contributed by atoms with Gasteiger partial charge in [0.05, 0.1) is 4.92 Å². The van der Waals surface area contributed by atoms with E-state index in [1.54, 1.807) is 4.90 Å². The lowest BCUT2D eigenvalue weighted by atomic mass is 9.85. The van der Waals surface area contributed by atoms with E-state index in [4.69, 9.17) is 0 Å². The molecule has 1 fully saturated rings. The number of nitrogens with zero attached hydrogens (tertiary/aromatic N) is 2. The fourth-order valence-corrected chi connectivity index (χ4v) is 2.65. The van der Waals surface area contributed by atoms with Gasteiger partial charge in [-0.3, -0.25) is 14.9 Å². The molecule has 0 unspecified atom stereocenters. The third-order valence-corrected chi connectivity index (χ3v) is 4.03. The van der Waals surface area contributed by atoms with Crippen LogP contribution in [0.3, 0.4) is 0 Å². The van der Waals surface area contributed by atoms with Gasteiger partial charge in [-0.1, -0.05) is 13.8 Å². The largest absolute Gasteiger partial charge is 0.508 e. The fourth-order valence-electron chi connectivity index (χ4n) is 2.65. The number of nitro groups is 1. The van der Waals surface area contributed by atoms with Gasteiger partial charge in [0.15, 0.2) is 0 Å². The van der Waals surface area contributed by atoms with E-state index in [2.05, 4.69) is 13.8 Å². The SMILES string of the molecule is CC1(C)CCCN(C(=O)c2cc(O)ccc2[N+](=O)[O-])CC1. The van der Waals surface area contributed by atoms with Crippen molar-refractivity contribution in [3.05, 3.63) is 33.9 Å². The van der Waals surface area contributed by atoms with Gasteiger partial charge < -0.3 is 10.0 Å². The number of rotatable bonds is 2. The second-order valence-corrected chi connectivity index (χ2v) is 6.27. The lowest BCUT2D eigenvalue weighted by Gasteiger charge is -2.23. The van der Waals surface area contributed by atoms with E-state index in [0.29, 0.717) is 13.1 Å². The number of hydrogen-bond acceptors (Lipinski definition) is 4. The van der Waals surface area contributed by atoms with Gasteiger partial charge in [0.2, 0.25) is 0 Å². The zero-order chi connectivity index (χ0) is 15.6. The van der Waals surface area contributed by atoms with Gasteiger partial charge >= 0.3 is 0 Å². The Bertz CT molecular complexity index is 569. The first-order valence-electron chi connectivity index (χ1n) is 7.07. The number of phenols is 1. The third-order valence-electron chi connectivity index (χ3n) is 4.03. The van der Waals surface area contributed by atoms with Crippen LogP contribution in [0.2, 0.25) is 0 Å². The lowest BCUT2D eigenvalue weighted by Crippen LogP contribution is -2.32. The van der Waals surface area contributed by atoms with E-state index < -0.39 is 4.92 Å². The minimum Gasteiger partial charge on any atom is -0.508 e. The summed E-state index contributed by atoms with van der Waals surface area (Å²) in [6, 6.07) is 3.57. The molecule has 0 aliphatic carbocycles. The maximum Gasteiger partial charge on any atom is 0.282 e. The van der Waals surface area contributed by atoms with E-state index in [1.807, 2.05) is 0 Å². The van der Waals surface area contributed by atoms with Crippen LogP contribution in [0.4, 0.5) is 5.69 Å². The minimum atomic E-state index is -0.589. The summed E-state index contributed by atoms with van der Waals surface area (Å²) in [4.78, 5) is 24.7. The maximum atomic E-state index is 12.6. The molecule has 21 heavy (non-hydrogen) atoms. The molecule has 6 heteroatoms. The molecule has 0 radical (unpaired) electrons. The predicted molar refractivity (Wildman–Crippen MR) is 78.3 cm³/mol. The monoisotopic (exact) mass is 292 g/mol. The van der Waals surface area contributed by atoms with Crippen LogP contribution < -0.4 is 0 Å². The van der Waals surface area contributed by atoms with E-state index in [1.165, 1.54) is 18.2 Å². The molecule has 0 saturated carbocycles. The first kappa shape index (κ1) is 15.3. The zero-order valence-corrected chi connectivity index (χ0v) is 12.3. The van der Waals surface area contributed by atoms with Crippen LogP contribution >= 0.6 is 0 Å². The molecule has 0 aromatic heterocycles. The molecule has 2 rings (SSSR count). The number of amides is 1. The van der Waals surface area contributed by atoms with Gasteiger partial charge in [0.1, 0.15) is 11.3 Å². The van der Waals surface area contributed by atoms with Gasteiger partial charge in [-0.15, -0.1) is 0 Å². The third kappa shape index (κ3) is 3.51. The maximum absolute atomic E-state index is 12.6. The highest BCUT2D eigenvalue weighted by molar-refractivity contribution is 5.98. The highest BCUT2D eigenvalue weighted by Gasteiger charge is 2.29. The van der Waals surface area contributed by atoms with Crippen molar-refractivity contribution in [2.45, 2.75) is 33.1 Å². The molecular weight excluding hydrogens is 272 g/mol. The van der Waals surface area contributed by atoms with Crippen LogP contribution in [0.25, 0.3) is 0 Å². The molecule has 1 N–H and O–H groups in total. The standard InChI is InChI=1S/C15H20N2O4/c1-15(2)6-3-8-16(9-7-15)14(19)12-10-11(18)4-5-13(12)17(20)21/h4-5,10,18H,3,6-9H2,1-2H3. The predicted octanol–water partition coefficient (Wildman–Crippen LogP) is 2.95. The molecule has 1 amide bonds. The van der Waals surface area contributed by atoms with Crippen LogP contribution in [-0.2, 0) is 0 Å². The Morgan fingerprint density at radius 2 is 2.05 bits per heavy atom. The zero-order valence-electron chi connectivity index (χ0n) is 12.3. The summed E-state index contributed by atoms with van der Waals surface area (Å²) < 4.78 is 0. The van der Waals surface area contributed by atoms with Crippen LogP contribution in [0, 0.1) is 15.5 Å². The first-order chi connectivity index (χ1) is 9.80. The van der Waals surface area contributed by atoms with Crippen molar-refractivity contribution in [1.29, 1.82) is 0 Å². The number of nitro benzene ring substituents is 1. The average molecular weight is 292 g/mol. The average Bonchev–Trinajstić information content (AvgIpc) is 2.58. The van der Waals surface area contributed by atoms with Crippen molar-refractivity contribution < 1.29 is 14.8 Å². The molecule has 0 bridgehead atoms. The number of carbonyl (C=O) groups excluding carboxylic acids is 1. The quantitative estimate of drug-likeness (QED) is 0.671. The summed E-state index contributed by atoms with van der Waals surface area (Å²) in [5.74, 6) is -0.519. The number of phenolic OH excluding ortho intramolecular Hbond substituents is 1. The fraction of sp³-hybridized carbons (Fsp3) is 0.533. The van der Waals surface area contributed by atoms with Crippen molar-refractivity contribution in [3.8, 4) is 5.75 Å². The summed E-state index contributed by atoms with van der Waals surface area (Å²) in [5, 5.41) is 20.6. The van der Waals surface area contributed by atoms with Crippen molar-refractivity contribution in [2.24, 2.45) is 5.41 Å². The number of likely N-dealkylation sites (tertiary alicyclic amines) is 1. The second-order valence-electron chi connectivity index (χ2n) is 6.27. The number of hydrogen-bond donors (Lipinski definition) is 1. The van der Waals surface area contributed by atoms with Crippen molar-refractivity contribution in [2.75, 3.05) is 13.1 Å². The Kier molecular flexibility index (Phi) is 4.16. The Morgan fingerprint density at radius 3 is 2.71 bits per heavy atom. The highest BCUT2D eigenvalue weighted by Crippen LogP contribution is 2.31. The molecular formula is C15H20N2O4. The Morgan fingerprint density at radius 1 is 1.33 bits per heavy atom. The summed E-state index contributed by atoms with van der Waals surface area (Å²) in [7, 11) is 0. The highest BCUT2D eigenvalue weighted by atomic mass is 16.6. The van der Waals surface area contributed by atoms with Gasteiger partial charge in [-0.25, -0.2) is 0 Å². The molecule has 6 nitrogen and oxygen atoms in total. The smallest absolute Gasteiger partial charge is 0.282 e. The molecule has 1 aromatic rings. The minimum absolute atomic E-state index is 0.0419. The van der Waals surface area contributed by atoms with E-state index in [-0.39, 0.29) is 28.3 Å². The van der Waals surface area contributed by atoms with Gasteiger partial charge in [0.25, 0.3) is 11.6 Å². The van der Waals surface area contributed by atoms with Gasteiger partial charge in [-0.05, 0) is 36.8 Å². The normalized spacial score (nSPS) is 18.1. The lowest BCUT2D eigenvalue weighted by molar-refractivity contribution is -0.385. The molecule has 0 spiro atoms. The van der Waals surface area contributed by atoms with Gasteiger partial charge in [0, 0.05) is 19.2 Å². The molecule has 1 saturated heterocycles. The van der Waals surface area contributed by atoms with E-state index >= 15 is 0 Å². The Labute approximate surface area is 123 Å². The van der Waals surface area contributed by atoms with E-state index in [0.717, 1.165) is 19.3 Å². The second kappa shape index (κ2) is 5.71. The van der Waals surface area contributed by atoms with E-state index in [9.17, 15) is 20.0 Å². The molecule has 114 valence electrons. The molecule has 1 heterocycles. The number of aromatic hydroxyl groups is 1. The topological polar surface area (TPSA) is 83.7 Å². The molecule has 1 aliphatic heterocycles. The number of carbonyl (C=O) groups is 1. The first-order valence-corrected chi connectivity index (χ1v) is 7.07.